The normalized spacial score (nSPS) is 13.3. The number of amides is 1. The van der Waals surface area contributed by atoms with Gasteiger partial charge in [0.25, 0.3) is 5.91 Å². The van der Waals surface area contributed by atoms with Crippen molar-refractivity contribution in [2.24, 2.45) is 0 Å². The number of carbonyl (C=O) groups excluding carboxylic acids is 1. The van der Waals surface area contributed by atoms with Gasteiger partial charge >= 0.3 is 0 Å². The number of nitrogens with one attached hydrogen (secondary N) is 1. The molecule has 1 aromatic heterocycles. The van der Waals surface area contributed by atoms with Crippen molar-refractivity contribution in [2.45, 2.75) is 41.2 Å². The second-order valence-corrected chi connectivity index (χ2v) is 9.04. The number of likely N-dealkylation sites (N-methyl/N-ethyl adjacent to an activating group) is 1. The molecule has 0 saturated carbocycles. The first-order chi connectivity index (χ1) is 17.0. The highest BCUT2D eigenvalue weighted by atomic mass is 32.1. The lowest BCUT2D eigenvalue weighted by Gasteiger charge is -2.32. The van der Waals surface area contributed by atoms with Crippen LogP contribution in [0.4, 0.5) is 5.69 Å². The zero-order chi connectivity index (χ0) is 25.6. The van der Waals surface area contributed by atoms with Gasteiger partial charge in [0, 0.05) is 49.5 Å². The molecule has 1 aliphatic rings. The maximum atomic E-state index is 12.7. The van der Waals surface area contributed by atoms with Crippen LogP contribution in [0, 0.1) is 18.8 Å². The zero-order valence-electron chi connectivity index (χ0n) is 21.9. The maximum Gasteiger partial charge on any atom is 0.255 e. The molecule has 1 aliphatic heterocycles. The number of piperazine rings is 1. The van der Waals surface area contributed by atoms with Crippen LogP contribution in [0.15, 0.2) is 54.7 Å². The first-order valence-electron chi connectivity index (χ1n) is 12.4. The van der Waals surface area contributed by atoms with Crippen LogP contribution in [0.2, 0.25) is 0 Å². The van der Waals surface area contributed by atoms with Crippen LogP contribution >= 0.6 is 11.3 Å². The van der Waals surface area contributed by atoms with E-state index in [1.54, 1.807) is 23.6 Å². The number of carbonyl (C=O) groups is 1. The molecule has 35 heavy (non-hydrogen) atoms. The molecular weight excluding hydrogens is 452 g/mol. The zero-order valence-corrected chi connectivity index (χ0v) is 22.7. The standard InChI is InChI=1S/C25H26N4OS.2C2H6/c1-19-26-17-24(31-19)11-8-20-4-3-5-22(16-20)25(30)27-23-9-6-21(7-10-23)18-29-14-12-28(2)13-15-29;2*1-2/h3-7,9-10,16-17H,12-15,18H2,1-2H3,(H,27,30);2*1-2H3. The molecule has 0 bridgehead atoms. The van der Waals surface area contributed by atoms with Gasteiger partial charge in [0.2, 0.25) is 0 Å². The van der Waals surface area contributed by atoms with Crippen molar-refractivity contribution in [3.63, 3.8) is 0 Å². The Morgan fingerprint density at radius 1 is 1.00 bits per heavy atom. The van der Waals surface area contributed by atoms with Crippen LogP contribution in [0.1, 0.15) is 59.1 Å². The predicted octanol–water partition coefficient (Wildman–Crippen LogP) is 5.90. The molecule has 2 aromatic carbocycles. The van der Waals surface area contributed by atoms with Gasteiger partial charge in [-0.2, -0.15) is 0 Å². The van der Waals surface area contributed by atoms with Crippen molar-refractivity contribution >= 4 is 22.9 Å². The van der Waals surface area contributed by atoms with Crippen molar-refractivity contribution in [3.05, 3.63) is 81.3 Å². The van der Waals surface area contributed by atoms with Gasteiger partial charge in [-0.1, -0.05) is 51.8 Å². The van der Waals surface area contributed by atoms with Crippen LogP contribution in [-0.2, 0) is 6.54 Å². The summed E-state index contributed by atoms with van der Waals surface area (Å²) < 4.78 is 0. The van der Waals surface area contributed by atoms with E-state index < -0.39 is 0 Å². The van der Waals surface area contributed by atoms with E-state index in [1.165, 1.54) is 5.56 Å². The van der Waals surface area contributed by atoms with Crippen LogP contribution < -0.4 is 5.32 Å². The van der Waals surface area contributed by atoms with Gasteiger partial charge in [-0.05, 0) is 55.8 Å². The smallest absolute Gasteiger partial charge is 0.255 e. The van der Waals surface area contributed by atoms with E-state index >= 15 is 0 Å². The highest BCUT2D eigenvalue weighted by molar-refractivity contribution is 7.12. The van der Waals surface area contributed by atoms with Crippen LogP contribution in [0.5, 0.6) is 0 Å². The largest absolute Gasteiger partial charge is 0.322 e. The van der Waals surface area contributed by atoms with E-state index in [0.29, 0.717) is 5.56 Å². The molecule has 1 N–H and O–H groups in total. The number of thiazole rings is 1. The first kappa shape index (κ1) is 28.3. The summed E-state index contributed by atoms with van der Waals surface area (Å²) in [6.45, 7) is 15.3. The van der Waals surface area contributed by atoms with E-state index in [0.717, 1.165) is 53.9 Å². The second-order valence-electron chi connectivity index (χ2n) is 7.80. The van der Waals surface area contributed by atoms with Crippen LogP contribution in [0.25, 0.3) is 0 Å². The first-order valence-corrected chi connectivity index (χ1v) is 13.2. The molecule has 186 valence electrons. The average Bonchev–Trinajstić information content (AvgIpc) is 3.33. The van der Waals surface area contributed by atoms with Gasteiger partial charge in [0.05, 0.1) is 16.1 Å². The molecule has 0 unspecified atom stereocenters. The van der Waals surface area contributed by atoms with Gasteiger partial charge < -0.3 is 10.2 Å². The van der Waals surface area contributed by atoms with Gasteiger partial charge in [-0.25, -0.2) is 4.98 Å². The third kappa shape index (κ3) is 9.29. The number of anilines is 1. The fraction of sp³-hybridized carbons (Fsp3) is 0.379. The lowest BCUT2D eigenvalue weighted by Crippen LogP contribution is -2.43. The highest BCUT2D eigenvalue weighted by Gasteiger charge is 2.14. The SMILES string of the molecule is CC.CC.Cc1ncc(C#Cc2cccc(C(=O)Nc3ccc(CN4CCN(C)CC4)cc3)c2)s1. The van der Waals surface area contributed by atoms with Gasteiger partial charge in [-0.3, -0.25) is 9.69 Å². The fourth-order valence-corrected chi connectivity index (χ4v) is 4.08. The Bertz CT molecular complexity index is 1100. The van der Waals surface area contributed by atoms with Crippen molar-refractivity contribution in [1.82, 2.24) is 14.8 Å². The molecule has 0 aliphatic carbocycles. The molecule has 0 spiro atoms. The average molecular weight is 491 g/mol. The minimum absolute atomic E-state index is 0.135. The number of nitrogens with zero attached hydrogens (tertiary/aromatic N) is 3. The van der Waals surface area contributed by atoms with E-state index in [1.807, 2.05) is 65.0 Å². The summed E-state index contributed by atoms with van der Waals surface area (Å²) in [5.74, 6) is 6.09. The predicted molar refractivity (Wildman–Crippen MR) is 149 cm³/mol. The molecule has 3 aromatic rings. The van der Waals surface area contributed by atoms with Crippen LogP contribution in [-0.4, -0.2) is 53.9 Å². The van der Waals surface area contributed by atoms with Crippen molar-refractivity contribution in [1.29, 1.82) is 0 Å². The summed E-state index contributed by atoms with van der Waals surface area (Å²) in [6.07, 6.45) is 1.77. The third-order valence-electron chi connectivity index (χ3n) is 5.29. The Morgan fingerprint density at radius 2 is 1.69 bits per heavy atom. The Hall–Kier alpha value is -2.98. The van der Waals surface area contributed by atoms with Crippen molar-refractivity contribution in [3.8, 4) is 11.8 Å². The Kier molecular flexibility index (Phi) is 12.2. The van der Waals surface area contributed by atoms with E-state index in [2.05, 4.69) is 51.1 Å². The molecule has 1 fully saturated rings. The number of benzene rings is 2. The molecular formula is C29H38N4OS. The number of aromatic nitrogens is 1. The summed E-state index contributed by atoms with van der Waals surface area (Å²) in [5, 5.41) is 3.98. The fourth-order valence-electron chi connectivity index (χ4n) is 3.45. The minimum atomic E-state index is -0.135. The molecule has 4 rings (SSSR count). The summed E-state index contributed by atoms with van der Waals surface area (Å²) in [5.41, 5.74) is 3.46. The number of hydrogen-bond acceptors (Lipinski definition) is 5. The van der Waals surface area contributed by atoms with Crippen molar-refractivity contribution in [2.75, 3.05) is 38.5 Å². The lowest BCUT2D eigenvalue weighted by atomic mass is 10.1. The molecule has 5 nitrogen and oxygen atoms in total. The highest BCUT2D eigenvalue weighted by Crippen LogP contribution is 2.15. The van der Waals surface area contributed by atoms with Crippen LogP contribution in [0.3, 0.4) is 0 Å². The van der Waals surface area contributed by atoms with Gasteiger partial charge in [-0.15, -0.1) is 11.3 Å². The number of hydrogen-bond donors (Lipinski definition) is 1. The Labute approximate surface area is 215 Å². The Balaban J connectivity index is 0.00000103. The maximum absolute atomic E-state index is 12.7. The lowest BCUT2D eigenvalue weighted by molar-refractivity contribution is 0.102. The van der Waals surface area contributed by atoms with E-state index in [4.69, 9.17) is 0 Å². The van der Waals surface area contributed by atoms with Gasteiger partial charge in [0.15, 0.2) is 0 Å². The van der Waals surface area contributed by atoms with Gasteiger partial charge in [0.1, 0.15) is 0 Å². The van der Waals surface area contributed by atoms with E-state index in [-0.39, 0.29) is 5.91 Å². The molecule has 0 radical (unpaired) electrons. The topological polar surface area (TPSA) is 48.5 Å². The molecule has 2 heterocycles. The number of aryl methyl sites for hydroxylation is 1. The second kappa shape index (κ2) is 15.1. The van der Waals surface area contributed by atoms with Crippen molar-refractivity contribution < 1.29 is 4.79 Å². The summed E-state index contributed by atoms with van der Waals surface area (Å²) >= 11 is 1.56. The quantitative estimate of drug-likeness (QED) is 0.462. The summed E-state index contributed by atoms with van der Waals surface area (Å²) in [4.78, 5) is 22.7. The molecule has 1 amide bonds. The number of rotatable bonds is 4. The molecule has 1 saturated heterocycles. The molecule has 6 heteroatoms. The summed E-state index contributed by atoms with van der Waals surface area (Å²) in [6, 6.07) is 15.5. The third-order valence-corrected chi connectivity index (χ3v) is 6.12. The molecule has 0 atom stereocenters. The summed E-state index contributed by atoms with van der Waals surface area (Å²) in [7, 11) is 2.17. The van der Waals surface area contributed by atoms with E-state index in [9.17, 15) is 4.79 Å². The Morgan fingerprint density at radius 3 is 2.31 bits per heavy atom. The minimum Gasteiger partial charge on any atom is -0.322 e. The monoisotopic (exact) mass is 490 g/mol.